The Balaban J connectivity index is 2.00. The molecule has 0 saturated carbocycles. The maximum atomic E-state index is 12.1. The molecule has 9 heteroatoms. The molecule has 3 N–H and O–H groups in total. The summed E-state index contributed by atoms with van der Waals surface area (Å²) in [5.74, 6) is -1.41. The number of nitrogens with one attached hydrogen (secondary N) is 1. The second kappa shape index (κ2) is 8.58. The second-order valence-electron chi connectivity index (χ2n) is 5.51. The Morgan fingerprint density at radius 1 is 1.23 bits per heavy atom. The fraction of sp³-hybridized carbons (Fsp3) is 0.235. The van der Waals surface area contributed by atoms with E-state index in [1.54, 1.807) is 0 Å². The number of pyridine rings is 1. The average Bonchev–Trinajstić information content (AvgIpc) is 2.61. The number of hydrogen-bond donors (Lipinski definition) is 2. The zero-order valence-corrected chi connectivity index (χ0v) is 16.2. The first-order chi connectivity index (χ1) is 12.2. The molecular weight excluding hydrogens is 401 g/mol. The SMILES string of the molecule is Cc1ccccc1C(C)NC(=O)COC(=O)c1nc(Cl)c(Cl)c(N)c1Cl. The maximum Gasteiger partial charge on any atom is 0.359 e. The molecule has 0 aliphatic rings. The van der Waals surface area contributed by atoms with Crippen LogP contribution in [-0.2, 0) is 9.53 Å². The first-order valence-electron chi connectivity index (χ1n) is 7.54. The van der Waals surface area contributed by atoms with Crippen LogP contribution in [0.15, 0.2) is 24.3 Å². The molecule has 6 nitrogen and oxygen atoms in total. The number of rotatable bonds is 5. The van der Waals surface area contributed by atoms with E-state index in [2.05, 4.69) is 10.3 Å². The van der Waals surface area contributed by atoms with E-state index in [0.717, 1.165) is 11.1 Å². The lowest BCUT2D eigenvalue weighted by Gasteiger charge is -2.16. The van der Waals surface area contributed by atoms with Gasteiger partial charge in [0.2, 0.25) is 0 Å². The Morgan fingerprint density at radius 3 is 2.54 bits per heavy atom. The van der Waals surface area contributed by atoms with Crippen molar-refractivity contribution in [3.63, 3.8) is 0 Å². The first kappa shape index (κ1) is 20.3. The van der Waals surface area contributed by atoms with Gasteiger partial charge in [0, 0.05) is 0 Å². The Morgan fingerprint density at radius 2 is 1.88 bits per heavy atom. The minimum atomic E-state index is -0.932. The van der Waals surface area contributed by atoms with Gasteiger partial charge in [-0.25, -0.2) is 9.78 Å². The van der Waals surface area contributed by atoms with Gasteiger partial charge in [0.05, 0.1) is 16.8 Å². The van der Waals surface area contributed by atoms with Crippen LogP contribution in [0.2, 0.25) is 15.2 Å². The number of anilines is 1. The Hall–Kier alpha value is -2.02. The molecule has 1 heterocycles. The molecule has 0 radical (unpaired) electrons. The highest BCUT2D eigenvalue weighted by molar-refractivity contribution is 6.46. The van der Waals surface area contributed by atoms with Gasteiger partial charge in [-0.05, 0) is 25.0 Å². The van der Waals surface area contributed by atoms with E-state index in [4.69, 9.17) is 45.3 Å². The molecule has 0 spiro atoms. The molecule has 1 unspecified atom stereocenters. The molecule has 0 aliphatic heterocycles. The highest BCUT2D eigenvalue weighted by Crippen LogP contribution is 2.34. The summed E-state index contributed by atoms with van der Waals surface area (Å²) in [6.07, 6.45) is 0. The number of nitrogens with zero attached hydrogens (tertiary/aromatic N) is 1. The first-order valence-corrected chi connectivity index (χ1v) is 8.67. The van der Waals surface area contributed by atoms with Crippen LogP contribution in [0, 0.1) is 6.92 Å². The van der Waals surface area contributed by atoms with Gasteiger partial charge in [-0.2, -0.15) is 0 Å². The quantitative estimate of drug-likeness (QED) is 0.568. The van der Waals surface area contributed by atoms with Crippen LogP contribution < -0.4 is 11.1 Å². The van der Waals surface area contributed by atoms with Crippen molar-refractivity contribution in [3.05, 3.63) is 56.3 Å². The van der Waals surface area contributed by atoms with Gasteiger partial charge in [-0.3, -0.25) is 4.79 Å². The minimum absolute atomic E-state index is 0.0574. The Bertz CT molecular complexity index is 859. The molecule has 1 amide bonds. The largest absolute Gasteiger partial charge is 0.451 e. The van der Waals surface area contributed by atoms with E-state index in [1.165, 1.54) is 0 Å². The van der Waals surface area contributed by atoms with Crippen LogP contribution >= 0.6 is 34.8 Å². The molecule has 0 fully saturated rings. The van der Waals surface area contributed by atoms with Crippen LogP contribution in [-0.4, -0.2) is 23.5 Å². The number of nitrogen functional groups attached to an aromatic ring is 1. The van der Waals surface area contributed by atoms with Crippen molar-refractivity contribution in [3.8, 4) is 0 Å². The highest BCUT2D eigenvalue weighted by Gasteiger charge is 2.22. The summed E-state index contributed by atoms with van der Waals surface area (Å²) in [6.45, 7) is 3.27. The fourth-order valence-corrected chi connectivity index (χ4v) is 2.88. The van der Waals surface area contributed by atoms with Crippen molar-refractivity contribution in [2.75, 3.05) is 12.3 Å². The molecule has 0 aliphatic carbocycles. The molecule has 26 heavy (non-hydrogen) atoms. The molecule has 1 atom stereocenters. The lowest BCUT2D eigenvalue weighted by Crippen LogP contribution is -2.31. The molecule has 2 aromatic rings. The topological polar surface area (TPSA) is 94.3 Å². The fourth-order valence-electron chi connectivity index (χ4n) is 2.30. The normalized spacial score (nSPS) is 11.7. The smallest absolute Gasteiger partial charge is 0.359 e. The summed E-state index contributed by atoms with van der Waals surface area (Å²) < 4.78 is 4.93. The van der Waals surface area contributed by atoms with Gasteiger partial charge in [0.25, 0.3) is 5.91 Å². The molecule has 0 bridgehead atoms. The van der Waals surface area contributed by atoms with Crippen molar-refractivity contribution in [2.24, 2.45) is 0 Å². The number of aromatic nitrogens is 1. The Kier molecular flexibility index (Phi) is 6.69. The summed E-state index contributed by atoms with van der Waals surface area (Å²) >= 11 is 17.5. The van der Waals surface area contributed by atoms with Crippen LogP contribution in [0.1, 0.15) is 34.6 Å². The summed E-state index contributed by atoms with van der Waals surface area (Å²) in [5.41, 5.74) is 7.26. The third kappa shape index (κ3) is 4.58. The summed E-state index contributed by atoms with van der Waals surface area (Å²) in [6, 6.07) is 7.40. The van der Waals surface area contributed by atoms with Gasteiger partial charge in [-0.1, -0.05) is 59.1 Å². The molecule has 138 valence electrons. The molecule has 0 saturated heterocycles. The monoisotopic (exact) mass is 415 g/mol. The molecular formula is C17H16Cl3N3O3. The van der Waals surface area contributed by atoms with Crippen molar-refractivity contribution < 1.29 is 14.3 Å². The predicted octanol–water partition coefficient (Wildman–Crippen LogP) is 3.97. The van der Waals surface area contributed by atoms with E-state index in [0.29, 0.717) is 0 Å². The lowest BCUT2D eigenvalue weighted by molar-refractivity contribution is -0.124. The second-order valence-corrected chi connectivity index (χ2v) is 6.63. The maximum absolute atomic E-state index is 12.1. The number of aryl methyl sites for hydroxylation is 1. The predicted molar refractivity (Wildman–Crippen MR) is 102 cm³/mol. The number of ether oxygens (including phenoxy) is 1. The van der Waals surface area contributed by atoms with E-state index in [-0.39, 0.29) is 32.6 Å². The van der Waals surface area contributed by atoms with E-state index in [1.807, 2.05) is 38.1 Å². The lowest BCUT2D eigenvalue weighted by atomic mass is 10.0. The van der Waals surface area contributed by atoms with E-state index in [9.17, 15) is 9.59 Å². The summed E-state index contributed by atoms with van der Waals surface area (Å²) in [5, 5.41) is 2.33. The zero-order chi connectivity index (χ0) is 19.4. The number of hydrogen-bond acceptors (Lipinski definition) is 5. The van der Waals surface area contributed by atoms with Crippen molar-refractivity contribution in [2.45, 2.75) is 19.9 Å². The van der Waals surface area contributed by atoms with Crippen molar-refractivity contribution in [1.82, 2.24) is 10.3 Å². The van der Waals surface area contributed by atoms with Crippen molar-refractivity contribution >= 4 is 52.4 Å². The van der Waals surface area contributed by atoms with E-state index >= 15 is 0 Å². The van der Waals surface area contributed by atoms with E-state index < -0.39 is 18.5 Å². The average molecular weight is 417 g/mol. The number of benzene rings is 1. The Labute approximate surface area is 165 Å². The molecule has 1 aromatic heterocycles. The number of carbonyl (C=O) groups is 2. The van der Waals surface area contributed by atoms with Crippen molar-refractivity contribution in [1.29, 1.82) is 0 Å². The number of amides is 1. The van der Waals surface area contributed by atoms with Crippen LogP contribution in [0.4, 0.5) is 5.69 Å². The van der Waals surface area contributed by atoms with Crippen LogP contribution in [0.5, 0.6) is 0 Å². The number of carbonyl (C=O) groups excluding carboxylic acids is 2. The number of esters is 1. The third-order valence-corrected chi connectivity index (χ3v) is 4.77. The third-order valence-electron chi connectivity index (χ3n) is 3.63. The van der Waals surface area contributed by atoms with Gasteiger partial charge >= 0.3 is 5.97 Å². The number of nitrogens with two attached hydrogens (primary N) is 1. The molecule has 2 rings (SSSR count). The van der Waals surface area contributed by atoms with Crippen LogP contribution in [0.25, 0.3) is 0 Å². The highest BCUT2D eigenvalue weighted by atomic mass is 35.5. The van der Waals surface area contributed by atoms with Crippen LogP contribution in [0.3, 0.4) is 0 Å². The van der Waals surface area contributed by atoms with Gasteiger partial charge in [0.1, 0.15) is 5.02 Å². The van der Waals surface area contributed by atoms with Gasteiger partial charge in [0.15, 0.2) is 17.5 Å². The minimum Gasteiger partial charge on any atom is -0.451 e. The zero-order valence-electron chi connectivity index (χ0n) is 14.0. The van der Waals surface area contributed by atoms with Gasteiger partial charge in [-0.15, -0.1) is 0 Å². The number of halogens is 3. The standard InChI is InChI=1S/C17H16Cl3N3O3/c1-8-5-3-4-6-10(8)9(2)22-11(24)7-26-17(25)15-12(18)14(21)13(19)16(20)23-15/h3-6,9H,7H2,1-2H3,(H2,21,23)(H,22,24). The summed E-state index contributed by atoms with van der Waals surface area (Å²) in [7, 11) is 0. The molecule has 1 aromatic carbocycles. The summed E-state index contributed by atoms with van der Waals surface area (Å²) in [4.78, 5) is 27.9. The van der Waals surface area contributed by atoms with Gasteiger partial charge < -0.3 is 15.8 Å².